The van der Waals surface area contributed by atoms with Gasteiger partial charge in [0.25, 0.3) is 0 Å². The van der Waals surface area contributed by atoms with Crippen LogP contribution in [0.4, 0.5) is 5.69 Å². The first-order valence-corrected chi connectivity index (χ1v) is 6.44. The Kier molecular flexibility index (Phi) is 3.13. The Hall–Kier alpha value is -2.00. The first-order chi connectivity index (χ1) is 9.20. The fourth-order valence-electron chi connectivity index (χ4n) is 1.94. The van der Waals surface area contributed by atoms with E-state index in [1.807, 2.05) is 49.4 Å². The van der Waals surface area contributed by atoms with Gasteiger partial charge in [-0.15, -0.1) is 0 Å². The molecule has 2 aromatic carbocycles. The highest BCUT2D eigenvalue weighted by molar-refractivity contribution is 6.30. The van der Waals surface area contributed by atoms with Gasteiger partial charge >= 0.3 is 0 Å². The molecule has 0 radical (unpaired) electrons. The molecule has 0 amide bonds. The third kappa shape index (κ3) is 2.71. The molecule has 19 heavy (non-hydrogen) atoms. The lowest BCUT2D eigenvalue weighted by molar-refractivity contribution is 0.540. The summed E-state index contributed by atoms with van der Waals surface area (Å²) in [6.45, 7) is 2.58. The van der Waals surface area contributed by atoms with Crippen LogP contribution in [0.15, 0.2) is 46.9 Å². The zero-order chi connectivity index (χ0) is 13.2. The molecule has 3 aromatic rings. The molecular formula is C15H13ClN2O. The summed E-state index contributed by atoms with van der Waals surface area (Å²) in [4.78, 5) is 4.45. The van der Waals surface area contributed by atoms with Crippen LogP contribution in [0.5, 0.6) is 0 Å². The molecule has 0 atom stereocenters. The Labute approximate surface area is 116 Å². The Morgan fingerprint density at radius 1 is 1.21 bits per heavy atom. The maximum atomic E-state index is 5.93. The molecule has 0 saturated heterocycles. The lowest BCUT2D eigenvalue weighted by Gasteiger charge is -2.03. The van der Waals surface area contributed by atoms with Crippen molar-refractivity contribution in [2.24, 2.45) is 0 Å². The third-order valence-corrected chi connectivity index (χ3v) is 3.09. The van der Waals surface area contributed by atoms with Gasteiger partial charge < -0.3 is 9.73 Å². The second-order valence-electron chi connectivity index (χ2n) is 4.44. The number of nitrogens with one attached hydrogen (secondary N) is 1. The predicted molar refractivity (Wildman–Crippen MR) is 77.5 cm³/mol. The number of fused-ring (bicyclic) bond motifs is 1. The molecule has 0 unspecified atom stereocenters. The molecule has 0 spiro atoms. The number of hydrogen-bond acceptors (Lipinski definition) is 3. The Bertz CT molecular complexity index is 721. The summed E-state index contributed by atoms with van der Waals surface area (Å²) >= 11 is 5.93. The number of nitrogens with zero attached hydrogens (tertiary/aromatic N) is 1. The van der Waals surface area contributed by atoms with Crippen LogP contribution in [-0.4, -0.2) is 4.98 Å². The van der Waals surface area contributed by atoms with E-state index in [4.69, 9.17) is 16.0 Å². The maximum Gasteiger partial charge on any atom is 0.214 e. The van der Waals surface area contributed by atoms with Crippen molar-refractivity contribution in [3.05, 3.63) is 58.9 Å². The summed E-state index contributed by atoms with van der Waals surface area (Å²) in [7, 11) is 0. The summed E-state index contributed by atoms with van der Waals surface area (Å²) in [5.74, 6) is 0.667. The molecule has 96 valence electrons. The van der Waals surface area contributed by atoms with E-state index in [2.05, 4.69) is 10.3 Å². The molecule has 0 aliphatic rings. The molecule has 3 rings (SSSR count). The first kappa shape index (κ1) is 12.1. The van der Waals surface area contributed by atoms with Gasteiger partial charge in [-0.25, -0.2) is 4.98 Å². The maximum absolute atomic E-state index is 5.93. The van der Waals surface area contributed by atoms with Crippen molar-refractivity contribution >= 4 is 28.4 Å². The molecule has 1 aromatic heterocycles. The SMILES string of the molecule is Cc1ccc2oc(CNc3cccc(Cl)c3)nc2c1. The minimum atomic E-state index is 0.536. The molecule has 0 saturated carbocycles. The van der Waals surface area contributed by atoms with E-state index in [-0.39, 0.29) is 0 Å². The van der Waals surface area contributed by atoms with E-state index in [9.17, 15) is 0 Å². The number of hydrogen-bond donors (Lipinski definition) is 1. The number of anilines is 1. The number of aryl methyl sites for hydroxylation is 1. The Morgan fingerprint density at radius 2 is 2.11 bits per heavy atom. The van der Waals surface area contributed by atoms with Crippen LogP contribution >= 0.6 is 11.6 Å². The average Bonchev–Trinajstić information content (AvgIpc) is 2.78. The highest BCUT2D eigenvalue weighted by atomic mass is 35.5. The summed E-state index contributed by atoms with van der Waals surface area (Å²) in [6.07, 6.45) is 0. The van der Waals surface area contributed by atoms with E-state index in [1.54, 1.807) is 0 Å². The second kappa shape index (κ2) is 4.94. The zero-order valence-electron chi connectivity index (χ0n) is 10.5. The number of rotatable bonds is 3. The standard InChI is InChI=1S/C15H13ClN2O/c1-10-5-6-14-13(7-10)18-15(19-14)9-17-12-4-2-3-11(16)8-12/h2-8,17H,9H2,1H3. The van der Waals surface area contributed by atoms with E-state index in [1.165, 1.54) is 5.56 Å². The first-order valence-electron chi connectivity index (χ1n) is 6.06. The van der Waals surface area contributed by atoms with E-state index >= 15 is 0 Å². The third-order valence-electron chi connectivity index (χ3n) is 2.86. The van der Waals surface area contributed by atoms with E-state index < -0.39 is 0 Å². The van der Waals surface area contributed by atoms with Crippen LogP contribution in [0.1, 0.15) is 11.5 Å². The van der Waals surface area contributed by atoms with Crippen molar-refractivity contribution in [2.75, 3.05) is 5.32 Å². The van der Waals surface area contributed by atoms with Gasteiger partial charge in [-0.3, -0.25) is 0 Å². The van der Waals surface area contributed by atoms with Gasteiger partial charge in [0.2, 0.25) is 5.89 Å². The van der Waals surface area contributed by atoms with Gasteiger partial charge in [-0.05, 0) is 42.8 Å². The zero-order valence-corrected chi connectivity index (χ0v) is 11.2. The van der Waals surface area contributed by atoms with Gasteiger partial charge in [-0.2, -0.15) is 0 Å². The Morgan fingerprint density at radius 3 is 2.95 bits per heavy atom. The van der Waals surface area contributed by atoms with Crippen LogP contribution in [0, 0.1) is 6.92 Å². The molecule has 0 bridgehead atoms. The molecule has 1 heterocycles. The molecule has 0 aliphatic heterocycles. The monoisotopic (exact) mass is 272 g/mol. The summed E-state index contributed by atoms with van der Waals surface area (Å²) in [6, 6.07) is 13.5. The van der Waals surface area contributed by atoms with Gasteiger partial charge in [0.15, 0.2) is 5.58 Å². The molecular weight excluding hydrogens is 260 g/mol. The second-order valence-corrected chi connectivity index (χ2v) is 4.88. The molecule has 0 fully saturated rings. The van der Waals surface area contributed by atoms with Crippen molar-refractivity contribution in [2.45, 2.75) is 13.5 Å². The smallest absolute Gasteiger partial charge is 0.214 e. The highest BCUT2D eigenvalue weighted by Gasteiger charge is 2.05. The van der Waals surface area contributed by atoms with Gasteiger partial charge in [0.05, 0.1) is 6.54 Å². The van der Waals surface area contributed by atoms with Crippen molar-refractivity contribution in [1.82, 2.24) is 4.98 Å². The van der Waals surface area contributed by atoms with E-state index in [0.29, 0.717) is 17.5 Å². The van der Waals surface area contributed by atoms with Crippen LogP contribution in [0.2, 0.25) is 5.02 Å². The van der Waals surface area contributed by atoms with Gasteiger partial charge in [0, 0.05) is 10.7 Å². The summed E-state index contributed by atoms with van der Waals surface area (Å²) in [5, 5.41) is 3.94. The Balaban J connectivity index is 1.78. The van der Waals surface area contributed by atoms with E-state index in [0.717, 1.165) is 16.8 Å². The highest BCUT2D eigenvalue weighted by Crippen LogP contribution is 2.19. The molecule has 0 aliphatic carbocycles. The summed E-state index contributed by atoms with van der Waals surface area (Å²) in [5.41, 5.74) is 3.83. The van der Waals surface area contributed by atoms with Crippen molar-refractivity contribution < 1.29 is 4.42 Å². The largest absolute Gasteiger partial charge is 0.439 e. The van der Waals surface area contributed by atoms with Gasteiger partial charge in [0.1, 0.15) is 5.52 Å². The van der Waals surface area contributed by atoms with Crippen LogP contribution in [0.25, 0.3) is 11.1 Å². The number of aromatic nitrogens is 1. The fourth-order valence-corrected chi connectivity index (χ4v) is 2.13. The summed E-state index contributed by atoms with van der Waals surface area (Å²) < 4.78 is 5.67. The average molecular weight is 273 g/mol. The number of benzene rings is 2. The molecule has 1 N–H and O–H groups in total. The fraction of sp³-hybridized carbons (Fsp3) is 0.133. The van der Waals surface area contributed by atoms with Crippen molar-refractivity contribution in [3.63, 3.8) is 0 Å². The van der Waals surface area contributed by atoms with Gasteiger partial charge in [-0.1, -0.05) is 23.7 Å². The lowest BCUT2D eigenvalue weighted by atomic mass is 10.2. The van der Waals surface area contributed by atoms with Crippen LogP contribution < -0.4 is 5.32 Å². The molecule has 4 heteroatoms. The molecule has 3 nitrogen and oxygen atoms in total. The normalized spacial score (nSPS) is 10.8. The number of oxazole rings is 1. The lowest BCUT2D eigenvalue weighted by Crippen LogP contribution is -1.99. The number of halogens is 1. The van der Waals surface area contributed by atoms with Crippen molar-refractivity contribution in [1.29, 1.82) is 0 Å². The van der Waals surface area contributed by atoms with Crippen molar-refractivity contribution in [3.8, 4) is 0 Å². The minimum Gasteiger partial charge on any atom is -0.439 e. The quantitative estimate of drug-likeness (QED) is 0.768. The topological polar surface area (TPSA) is 38.1 Å². The van der Waals surface area contributed by atoms with Crippen LogP contribution in [0.3, 0.4) is 0 Å². The minimum absolute atomic E-state index is 0.536. The van der Waals surface area contributed by atoms with Crippen LogP contribution in [-0.2, 0) is 6.54 Å². The predicted octanol–water partition coefficient (Wildman–Crippen LogP) is 4.40.